The zero-order valence-electron chi connectivity index (χ0n) is 9.64. The van der Waals surface area contributed by atoms with Gasteiger partial charge in [0.25, 0.3) is 0 Å². The average molecular weight is 228 g/mol. The molecule has 90 valence electrons. The predicted octanol–water partition coefficient (Wildman–Crippen LogP) is 0.633. The fourth-order valence-electron chi connectivity index (χ4n) is 2.20. The molecule has 2 rings (SSSR count). The zero-order valence-corrected chi connectivity index (χ0v) is 9.64. The van der Waals surface area contributed by atoms with Crippen LogP contribution in [-0.4, -0.2) is 43.3 Å². The SMILES string of the molecule is C=C[C@]1(OC)O[C@H](C=O)[C@H]2OC(C)(C)O[C@H]21. The first kappa shape index (κ1) is 11.7. The number of hydrogen-bond acceptors (Lipinski definition) is 5. The summed E-state index contributed by atoms with van der Waals surface area (Å²) >= 11 is 0. The summed E-state index contributed by atoms with van der Waals surface area (Å²) in [6.45, 7) is 7.24. The minimum atomic E-state index is -1.11. The molecular weight excluding hydrogens is 212 g/mol. The summed E-state index contributed by atoms with van der Waals surface area (Å²) in [6, 6.07) is 0. The monoisotopic (exact) mass is 228 g/mol. The Hall–Kier alpha value is -0.750. The van der Waals surface area contributed by atoms with Crippen molar-refractivity contribution in [3.05, 3.63) is 12.7 Å². The molecule has 0 N–H and O–H groups in total. The van der Waals surface area contributed by atoms with Crippen LogP contribution in [0.1, 0.15) is 13.8 Å². The normalized spacial score (nSPS) is 45.3. The minimum absolute atomic E-state index is 0.453. The number of methoxy groups -OCH3 is 1. The van der Waals surface area contributed by atoms with Gasteiger partial charge in [0.1, 0.15) is 18.3 Å². The van der Waals surface area contributed by atoms with Crippen LogP contribution in [0.3, 0.4) is 0 Å². The fourth-order valence-corrected chi connectivity index (χ4v) is 2.20. The van der Waals surface area contributed by atoms with E-state index in [1.807, 2.05) is 0 Å². The second-order valence-corrected chi connectivity index (χ2v) is 4.37. The molecule has 0 amide bonds. The summed E-state index contributed by atoms with van der Waals surface area (Å²) in [4.78, 5) is 10.9. The van der Waals surface area contributed by atoms with Crippen LogP contribution in [0.4, 0.5) is 0 Å². The summed E-state index contributed by atoms with van der Waals surface area (Å²) < 4.78 is 22.1. The van der Waals surface area contributed by atoms with Crippen molar-refractivity contribution in [1.82, 2.24) is 0 Å². The molecule has 0 spiro atoms. The van der Waals surface area contributed by atoms with Crippen LogP contribution in [0.25, 0.3) is 0 Å². The molecule has 16 heavy (non-hydrogen) atoms. The van der Waals surface area contributed by atoms with Crippen molar-refractivity contribution in [2.45, 2.75) is 43.7 Å². The number of fused-ring (bicyclic) bond motifs is 1. The molecule has 5 heteroatoms. The standard InChI is InChI=1S/C11H16O5/c1-5-11(13-4)9-8(7(6-12)14-11)15-10(2,3)16-9/h5-9H,1H2,2-4H3/t7-,8-,9-,11+/m1/s1. The summed E-state index contributed by atoms with van der Waals surface area (Å²) in [5.74, 6) is -1.85. The van der Waals surface area contributed by atoms with E-state index >= 15 is 0 Å². The number of carbonyl (C=O) groups excluding carboxylic acids is 1. The molecular formula is C11H16O5. The van der Waals surface area contributed by atoms with E-state index in [1.54, 1.807) is 13.8 Å². The third-order valence-electron chi connectivity index (χ3n) is 2.91. The highest BCUT2D eigenvalue weighted by Gasteiger charge is 2.62. The lowest BCUT2D eigenvalue weighted by Gasteiger charge is -2.29. The Labute approximate surface area is 94.3 Å². The number of aldehydes is 1. The largest absolute Gasteiger partial charge is 0.348 e. The van der Waals surface area contributed by atoms with Crippen molar-refractivity contribution in [1.29, 1.82) is 0 Å². The van der Waals surface area contributed by atoms with Crippen molar-refractivity contribution < 1.29 is 23.7 Å². The second kappa shape index (κ2) is 3.63. The molecule has 0 aromatic carbocycles. The number of hydrogen-bond donors (Lipinski definition) is 0. The molecule has 0 bridgehead atoms. The fraction of sp³-hybridized carbons (Fsp3) is 0.727. The predicted molar refractivity (Wildman–Crippen MR) is 54.7 cm³/mol. The Balaban J connectivity index is 2.33. The van der Waals surface area contributed by atoms with Crippen molar-refractivity contribution in [2.75, 3.05) is 7.11 Å². The quantitative estimate of drug-likeness (QED) is 0.524. The number of rotatable bonds is 3. The third-order valence-corrected chi connectivity index (χ3v) is 2.91. The molecule has 4 atom stereocenters. The van der Waals surface area contributed by atoms with Crippen molar-refractivity contribution in [3.63, 3.8) is 0 Å². The van der Waals surface area contributed by atoms with Crippen molar-refractivity contribution in [2.24, 2.45) is 0 Å². The van der Waals surface area contributed by atoms with E-state index in [9.17, 15) is 4.79 Å². The highest BCUT2D eigenvalue weighted by atomic mass is 16.8. The van der Waals surface area contributed by atoms with E-state index in [-0.39, 0.29) is 0 Å². The number of ether oxygens (including phenoxy) is 4. The van der Waals surface area contributed by atoms with Gasteiger partial charge in [-0.2, -0.15) is 0 Å². The Bertz CT molecular complexity index is 313. The molecule has 2 aliphatic rings. The second-order valence-electron chi connectivity index (χ2n) is 4.37. The molecule has 0 aromatic heterocycles. The molecule has 2 saturated heterocycles. The van der Waals surface area contributed by atoms with Gasteiger partial charge in [0.05, 0.1) is 0 Å². The van der Waals surface area contributed by atoms with Gasteiger partial charge >= 0.3 is 0 Å². The van der Waals surface area contributed by atoms with E-state index in [0.29, 0.717) is 6.29 Å². The van der Waals surface area contributed by atoms with Gasteiger partial charge in [-0.05, 0) is 19.9 Å². The summed E-state index contributed by atoms with van der Waals surface area (Å²) in [5, 5.41) is 0. The first-order valence-electron chi connectivity index (χ1n) is 5.15. The molecule has 0 radical (unpaired) electrons. The number of carbonyl (C=O) groups is 1. The third kappa shape index (κ3) is 1.51. The molecule has 2 aliphatic heterocycles. The van der Waals surface area contributed by atoms with Crippen LogP contribution in [0.2, 0.25) is 0 Å². The van der Waals surface area contributed by atoms with Crippen molar-refractivity contribution >= 4 is 6.29 Å². The lowest BCUT2D eigenvalue weighted by molar-refractivity contribution is -0.257. The molecule has 0 aromatic rings. The molecule has 5 nitrogen and oxygen atoms in total. The maximum Gasteiger partial charge on any atom is 0.218 e. The summed E-state index contributed by atoms with van der Waals surface area (Å²) in [5.41, 5.74) is 0. The van der Waals surface area contributed by atoms with Gasteiger partial charge in [-0.3, -0.25) is 0 Å². The maximum absolute atomic E-state index is 10.9. The van der Waals surface area contributed by atoms with Crippen LogP contribution in [0.5, 0.6) is 0 Å². The Morgan fingerprint density at radius 3 is 2.50 bits per heavy atom. The van der Waals surface area contributed by atoms with E-state index in [2.05, 4.69) is 6.58 Å². The van der Waals surface area contributed by atoms with E-state index in [1.165, 1.54) is 13.2 Å². The molecule has 0 saturated carbocycles. The minimum Gasteiger partial charge on any atom is -0.348 e. The first-order chi connectivity index (χ1) is 7.48. The summed E-state index contributed by atoms with van der Waals surface area (Å²) in [7, 11) is 1.49. The maximum atomic E-state index is 10.9. The van der Waals surface area contributed by atoms with Crippen LogP contribution < -0.4 is 0 Å². The van der Waals surface area contributed by atoms with Gasteiger partial charge in [-0.1, -0.05) is 6.58 Å². The highest BCUT2D eigenvalue weighted by molar-refractivity contribution is 5.59. The molecule has 2 fully saturated rings. The van der Waals surface area contributed by atoms with Gasteiger partial charge in [0.15, 0.2) is 12.1 Å². The van der Waals surface area contributed by atoms with E-state index in [0.717, 1.165) is 0 Å². The van der Waals surface area contributed by atoms with Crippen molar-refractivity contribution in [3.8, 4) is 0 Å². The molecule has 0 aliphatic carbocycles. The van der Waals surface area contributed by atoms with E-state index < -0.39 is 29.9 Å². The average Bonchev–Trinajstić information content (AvgIpc) is 2.70. The molecule has 0 unspecified atom stereocenters. The molecule has 2 heterocycles. The lowest BCUT2D eigenvalue weighted by atomic mass is 10.1. The van der Waals surface area contributed by atoms with Crippen LogP contribution in [0, 0.1) is 0 Å². The lowest BCUT2D eigenvalue weighted by Crippen LogP contribution is -2.43. The Kier molecular flexibility index (Phi) is 2.66. The topological polar surface area (TPSA) is 54.0 Å². The van der Waals surface area contributed by atoms with Gasteiger partial charge in [0, 0.05) is 7.11 Å². The van der Waals surface area contributed by atoms with Gasteiger partial charge in [-0.15, -0.1) is 0 Å². The van der Waals surface area contributed by atoms with Crippen LogP contribution >= 0.6 is 0 Å². The van der Waals surface area contributed by atoms with Gasteiger partial charge in [-0.25, -0.2) is 0 Å². The zero-order chi connectivity index (χ0) is 12.0. The van der Waals surface area contributed by atoms with Gasteiger partial charge < -0.3 is 23.7 Å². The van der Waals surface area contributed by atoms with Crippen LogP contribution in [0.15, 0.2) is 12.7 Å². The Morgan fingerprint density at radius 2 is 2.00 bits per heavy atom. The van der Waals surface area contributed by atoms with Gasteiger partial charge in [0.2, 0.25) is 5.79 Å². The van der Waals surface area contributed by atoms with Crippen LogP contribution in [-0.2, 0) is 23.7 Å². The smallest absolute Gasteiger partial charge is 0.218 e. The first-order valence-corrected chi connectivity index (χ1v) is 5.15. The summed E-state index contributed by atoms with van der Waals surface area (Å²) in [6.07, 6.45) is 0.585. The highest BCUT2D eigenvalue weighted by Crippen LogP contribution is 2.44. The Morgan fingerprint density at radius 1 is 1.31 bits per heavy atom. The van der Waals surface area contributed by atoms with E-state index in [4.69, 9.17) is 18.9 Å².